The lowest BCUT2D eigenvalue weighted by molar-refractivity contribution is -0.119. The number of nitrogens with zero attached hydrogens (tertiary/aromatic N) is 1. The van der Waals surface area contributed by atoms with Gasteiger partial charge < -0.3 is 15.5 Å². The van der Waals surface area contributed by atoms with Crippen LogP contribution in [0.2, 0.25) is 0 Å². The molecule has 0 unspecified atom stereocenters. The molecule has 0 aliphatic carbocycles. The molecule has 0 aromatic heterocycles. The van der Waals surface area contributed by atoms with Gasteiger partial charge in [-0.3, -0.25) is 4.90 Å². The quantitative estimate of drug-likeness (QED) is 0.790. The van der Waals surface area contributed by atoms with Crippen molar-refractivity contribution in [1.29, 1.82) is 0 Å². The standard InChI is InChI=1S/C14H20F2N2O2.ClH/c1-10-2-3-12(20)11(8-10)13(14(15,16)9-19)18-6-4-17-5-7-18;/h2-3,8,13,17,19-20H,4-7,9H2,1H3;1H/t13-;/m1./s1. The smallest absolute Gasteiger partial charge is 0.290 e. The fourth-order valence-corrected chi connectivity index (χ4v) is 2.61. The molecule has 1 heterocycles. The van der Waals surface area contributed by atoms with Gasteiger partial charge in [0.2, 0.25) is 0 Å². The van der Waals surface area contributed by atoms with Crippen molar-refractivity contribution in [2.24, 2.45) is 0 Å². The number of aryl methyl sites for hydroxylation is 1. The summed E-state index contributed by atoms with van der Waals surface area (Å²) in [5.41, 5.74) is 0.970. The Hall–Kier alpha value is -0.950. The van der Waals surface area contributed by atoms with Crippen LogP contribution in [0.3, 0.4) is 0 Å². The normalized spacial score (nSPS) is 18.1. The number of alkyl halides is 2. The van der Waals surface area contributed by atoms with Crippen molar-refractivity contribution >= 4 is 12.4 Å². The number of aromatic hydroxyl groups is 1. The first-order valence-corrected chi connectivity index (χ1v) is 6.68. The van der Waals surface area contributed by atoms with Gasteiger partial charge in [0, 0.05) is 31.7 Å². The highest BCUT2D eigenvalue weighted by Crippen LogP contribution is 2.40. The van der Waals surface area contributed by atoms with E-state index in [4.69, 9.17) is 5.11 Å². The molecule has 1 aromatic rings. The topological polar surface area (TPSA) is 55.7 Å². The van der Waals surface area contributed by atoms with Crippen LogP contribution in [0, 0.1) is 6.92 Å². The molecule has 1 aliphatic heterocycles. The summed E-state index contributed by atoms with van der Waals surface area (Å²) in [6.07, 6.45) is 0. The van der Waals surface area contributed by atoms with E-state index in [0.29, 0.717) is 26.2 Å². The third-order valence-corrected chi connectivity index (χ3v) is 3.61. The van der Waals surface area contributed by atoms with Crippen LogP contribution in [0.5, 0.6) is 5.75 Å². The van der Waals surface area contributed by atoms with Gasteiger partial charge in [-0.25, -0.2) is 8.78 Å². The van der Waals surface area contributed by atoms with Crippen molar-refractivity contribution in [2.75, 3.05) is 32.8 Å². The predicted octanol–water partition coefficient (Wildman–Crippen LogP) is 1.70. The molecule has 3 N–H and O–H groups in total. The van der Waals surface area contributed by atoms with Gasteiger partial charge >= 0.3 is 0 Å². The molecule has 0 bridgehead atoms. The Morgan fingerprint density at radius 1 is 1.33 bits per heavy atom. The number of hydrogen-bond acceptors (Lipinski definition) is 4. The fraction of sp³-hybridized carbons (Fsp3) is 0.571. The SMILES string of the molecule is Cc1ccc(O)c([C@@H](N2CCNCC2)C(F)(F)CO)c1.Cl. The van der Waals surface area contributed by atoms with E-state index in [-0.39, 0.29) is 23.7 Å². The molecule has 0 saturated carbocycles. The van der Waals surface area contributed by atoms with E-state index < -0.39 is 18.6 Å². The number of halogens is 3. The molecule has 0 spiro atoms. The molecular formula is C14H21ClF2N2O2. The minimum Gasteiger partial charge on any atom is -0.508 e. The molecule has 120 valence electrons. The van der Waals surface area contributed by atoms with Gasteiger partial charge in [0.25, 0.3) is 5.92 Å². The largest absolute Gasteiger partial charge is 0.508 e. The second-order valence-corrected chi connectivity index (χ2v) is 5.17. The van der Waals surface area contributed by atoms with E-state index in [1.54, 1.807) is 24.0 Å². The first-order chi connectivity index (χ1) is 9.45. The third-order valence-electron chi connectivity index (χ3n) is 3.61. The summed E-state index contributed by atoms with van der Waals surface area (Å²) in [7, 11) is 0. The number of aliphatic hydroxyl groups is 1. The average molecular weight is 323 g/mol. The molecule has 1 atom stereocenters. The first-order valence-electron chi connectivity index (χ1n) is 6.68. The molecule has 0 amide bonds. The van der Waals surface area contributed by atoms with Gasteiger partial charge in [-0.2, -0.15) is 0 Å². The minimum atomic E-state index is -3.30. The van der Waals surface area contributed by atoms with Crippen molar-refractivity contribution in [2.45, 2.75) is 18.9 Å². The summed E-state index contributed by atoms with van der Waals surface area (Å²) in [5.74, 6) is -3.46. The second-order valence-electron chi connectivity index (χ2n) is 5.17. The van der Waals surface area contributed by atoms with Crippen LogP contribution in [-0.4, -0.2) is 53.8 Å². The average Bonchev–Trinajstić information content (AvgIpc) is 2.44. The predicted molar refractivity (Wildman–Crippen MR) is 79.3 cm³/mol. The monoisotopic (exact) mass is 322 g/mol. The number of nitrogens with one attached hydrogen (secondary N) is 1. The molecule has 1 saturated heterocycles. The van der Waals surface area contributed by atoms with Gasteiger partial charge in [0.1, 0.15) is 18.4 Å². The Morgan fingerprint density at radius 2 is 1.95 bits per heavy atom. The number of phenols is 1. The first kappa shape index (κ1) is 18.1. The Bertz CT molecular complexity index is 468. The number of benzene rings is 1. The third kappa shape index (κ3) is 4.03. The maximum atomic E-state index is 14.2. The number of rotatable bonds is 4. The van der Waals surface area contributed by atoms with Crippen LogP contribution in [0.15, 0.2) is 18.2 Å². The molecule has 0 radical (unpaired) electrons. The summed E-state index contributed by atoms with van der Waals surface area (Å²) in [5, 5.41) is 22.1. The summed E-state index contributed by atoms with van der Waals surface area (Å²) in [6.45, 7) is 2.68. The molecule has 1 fully saturated rings. The van der Waals surface area contributed by atoms with E-state index in [1.807, 2.05) is 0 Å². The van der Waals surface area contributed by atoms with Crippen LogP contribution < -0.4 is 5.32 Å². The van der Waals surface area contributed by atoms with Gasteiger partial charge in [-0.05, 0) is 13.0 Å². The lowest BCUT2D eigenvalue weighted by Crippen LogP contribution is -2.51. The van der Waals surface area contributed by atoms with E-state index >= 15 is 0 Å². The Morgan fingerprint density at radius 3 is 2.52 bits per heavy atom. The van der Waals surface area contributed by atoms with E-state index in [2.05, 4.69) is 5.32 Å². The minimum absolute atomic E-state index is 0. The van der Waals surface area contributed by atoms with E-state index in [1.165, 1.54) is 6.07 Å². The van der Waals surface area contributed by atoms with Crippen LogP contribution >= 0.6 is 12.4 Å². The zero-order chi connectivity index (χ0) is 14.8. The van der Waals surface area contributed by atoms with Crippen LogP contribution in [0.4, 0.5) is 8.78 Å². The summed E-state index contributed by atoms with van der Waals surface area (Å²) >= 11 is 0. The zero-order valence-electron chi connectivity index (χ0n) is 11.9. The lowest BCUT2D eigenvalue weighted by atomic mass is 9.96. The van der Waals surface area contributed by atoms with Crippen molar-refractivity contribution < 1.29 is 19.0 Å². The van der Waals surface area contributed by atoms with Crippen LogP contribution in [0.1, 0.15) is 17.2 Å². The van der Waals surface area contributed by atoms with Crippen molar-refractivity contribution in [3.05, 3.63) is 29.3 Å². The number of piperazine rings is 1. The number of hydrogen-bond donors (Lipinski definition) is 3. The lowest BCUT2D eigenvalue weighted by Gasteiger charge is -2.39. The summed E-state index contributed by atoms with van der Waals surface area (Å²) < 4.78 is 28.4. The van der Waals surface area contributed by atoms with Gasteiger partial charge in [-0.15, -0.1) is 12.4 Å². The van der Waals surface area contributed by atoms with E-state index in [9.17, 15) is 13.9 Å². The molecule has 1 aromatic carbocycles. The van der Waals surface area contributed by atoms with Crippen LogP contribution in [0.25, 0.3) is 0 Å². The molecule has 1 aliphatic rings. The zero-order valence-corrected chi connectivity index (χ0v) is 12.7. The molecule has 21 heavy (non-hydrogen) atoms. The molecule has 4 nitrogen and oxygen atoms in total. The highest BCUT2D eigenvalue weighted by atomic mass is 35.5. The van der Waals surface area contributed by atoms with Gasteiger partial charge in [-0.1, -0.05) is 17.7 Å². The van der Waals surface area contributed by atoms with Crippen molar-refractivity contribution in [3.63, 3.8) is 0 Å². The fourth-order valence-electron chi connectivity index (χ4n) is 2.61. The van der Waals surface area contributed by atoms with Crippen LogP contribution in [-0.2, 0) is 0 Å². The summed E-state index contributed by atoms with van der Waals surface area (Å²) in [4.78, 5) is 1.61. The Balaban J connectivity index is 0.00000220. The molecular weight excluding hydrogens is 302 g/mol. The van der Waals surface area contributed by atoms with Crippen molar-refractivity contribution in [3.8, 4) is 5.75 Å². The van der Waals surface area contributed by atoms with Crippen molar-refractivity contribution in [1.82, 2.24) is 10.2 Å². The summed E-state index contributed by atoms with van der Waals surface area (Å²) in [6, 6.07) is 3.35. The second kappa shape index (κ2) is 7.35. The number of phenolic OH excluding ortho intramolecular Hbond substituents is 1. The highest BCUT2D eigenvalue weighted by Gasteiger charge is 2.45. The van der Waals surface area contributed by atoms with Gasteiger partial charge in [0.05, 0.1) is 0 Å². The Labute approximate surface area is 129 Å². The Kier molecular flexibility index (Phi) is 6.34. The molecule has 2 rings (SSSR count). The van der Waals surface area contributed by atoms with E-state index in [0.717, 1.165) is 5.56 Å². The van der Waals surface area contributed by atoms with Gasteiger partial charge in [0.15, 0.2) is 0 Å². The highest BCUT2D eigenvalue weighted by molar-refractivity contribution is 5.85. The number of aliphatic hydroxyl groups excluding tert-OH is 1. The molecule has 7 heteroatoms. The maximum absolute atomic E-state index is 14.2. The maximum Gasteiger partial charge on any atom is 0.290 e.